The quantitative estimate of drug-likeness (QED) is 0.314. The van der Waals surface area contributed by atoms with Gasteiger partial charge in [-0.15, -0.1) is 0 Å². The molecule has 1 aliphatic carbocycles. The van der Waals surface area contributed by atoms with Crippen molar-refractivity contribution in [1.29, 1.82) is 5.26 Å². The Labute approximate surface area is 242 Å². The largest absolute Gasteiger partial charge is 0.478 e. The number of likely N-dealkylation sites (tertiary alicyclic amines) is 1. The minimum Gasteiger partial charge on any atom is -0.478 e. The van der Waals surface area contributed by atoms with Gasteiger partial charge < -0.3 is 14.6 Å². The number of halogens is 1. The van der Waals surface area contributed by atoms with Gasteiger partial charge in [0.05, 0.1) is 40.2 Å². The molecule has 2 aliphatic heterocycles. The molecule has 5 heterocycles. The van der Waals surface area contributed by atoms with Gasteiger partial charge in [-0.3, -0.25) is 4.90 Å². The molecular weight excluding hydrogens is 537 g/mol. The second-order valence-corrected chi connectivity index (χ2v) is 11.6. The number of benzene rings is 1. The van der Waals surface area contributed by atoms with Gasteiger partial charge in [0, 0.05) is 54.9 Å². The van der Waals surface area contributed by atoms with E-state index < -0.39 is 11.8 Å². The van der Waals surface area contributed by atoms with Crippen LogP contribution in [0.2, 0.25) is 0 Å². The summed E-state index contributed by atoms with van der Waals surface area (Å²) < 4.78 is 27.7. The number of hydrogen-bond acceptors (Lipinski definition) is 7. The molecule has 1 N–H and O–H groups in total. The van der Waals surface area contributed by atoms with Crippen molar-refractivity contribution in [2.45, 2.75) is 50.4 Å². The lowest BCUT2D eigenvalue weighted by atomic mass is 9.90. The summed E-state index contributed by atoms with van der Waals surface area (Å²) in [7, 11) is 0. The Balaban J connectivity index is 1.04. The van der Waals surface area contributed by atoms with Crippen LogP contribution in [-0.2, 0) is 29.7 Å². The van der Waals surface area contributed by atoms with Crippen LogP contribution in [0, 0.1) is 23.1 Å². The first-order valence-corrected chi connectivity index (χ1v) is 14.3. The van der Waals surface area contributed by atoms with E-state index in [4.69, 9.17) is 24.8 Å². The highest BCUT2D eigenvalue weighted by molar-refractivity contribution is 5.89. The number of aromatic carboxylic acids is 1. The number of carboxylic acids is 1. The second-order valence-electron chi connectivity index (χ2n) is 11.6. The predicted octanol–water partition coefficient (Wildman–Crippen LogP) is 4.51. The molecule has 1 saturated carbocycles. The summed E-state index contributed by atoms with van der Waals surface area (Å²) in [4.78, 5) is 18.9. The minimum absolute atomic E-state index is 0.0213. The monoisotopic (exact) mass is 567 g/mol. The molecule has 2 unspecified atom stereocenters. The van der Waals surface area contributed by atoms with E-state index in [2.05, 4.69) is 11.0 Å². The molecule has 3 fully saturated rings. The molecule has 7 rings (SSSR count). The lowest BCUT2D eigenvalue weighted by Gasteiger charge is -2.31. The highest BCUT2D eigenvalue weighted by Gasteiger charge is 2.58. The summed E-state index contributed by atoms with van der Waals surface area (Å²) >= 11 is 0. The molecule has 1 aromatic carbocycles. The summed E-state index contributed by atoms with van der Waals surface area (Å²) in [6, 6.07) is 15.4. The number of aromatic nitrogens is 3. The van der Waals surface area contributed by atoms with Gasteiger partial charge >= 0.3 is 5.97 Å². The zero-order chi connectivity index (χ0) is 28.8. The van der Waals surface area contributed by atoms with E-state index in [1.165, 1.54) is 6.07 Å². The molecule has 0 radical (unpaired) electrons. The molecule has 2 saturated heterocycles. The smallest absolute Gasteiger partial charge is 0.335 e. The maximum absolute atomic E-state index is 14.3. The fourth-order valence-corrected chi connectivity index (χ4v) is 6.44. The van der Waals surface area contributed by atoms with Gasteiger partial charge in [0.2, 0.25) is 5.88 Å². The van der Waals surface area contributed by atoms with Crippen molar-refractivity contribution in [3.8, 4) is 11.9 Å². The summed E-state index contributed by atoms with van der Waals surface area (Å²) in [5.74, 6) is -0.475. The van der Waals surface area contributed by atoms with Crippen molar-refractivity contribution in [3.05, 3.63) is 94.2 Å². The number of carboxylic acid groups (broad SMARTS) is 1. The topological polar surface area (TPSA) is 113 Å². The third kappa shape index (κ3) is 4.89. The fourth-order valence-electron chi connectivity index (χ4n) is 6.44. The number of fused-ring (bicyclic) bond motifs is 2. The van der Waals surface area contributed by atoms with Crippen LogP contribution in [0.3, 0.4) is 0 Å². The van der Waals surface area contributed by atoms with Gasteiger partial charge in [-0.05, 0) is 62.1 Å². The van der Waals surface area contributed by atoms with Gasteiger partial charge in [0.1, 0.15) is 12.4 Å². The Morgan fingerprint density at radius 1 is 1.26 bits per heavy atom. The number of ether oxygens (including phenoxy) is 2. The van der Waals surface area contributed by atoms with E-state index >= 15 is 0 Å². The lowest BCUT2D eigenvalue weighted by Crippen LogP contribution is -2.36. The average Bonchev–Trinajstić information content (AvgIpc) is 3.62. The maximum Gasteiger partial charge on any atom is 0.335 e. The minimum atomic E-state index is -0.948. The molecule has 42 heavy (non-hydrogen) atoms. The van der Waals surface area contributed by atoms with Crippen LogP contribution in [0.5, 0.6) is 5.88 Å². The molecule has 3 atom stereocenters. The van der Waals surface area contributed by atoms with Gasteiger partial charge in [-0.2, -0.15) is 10.4 Å². The van der Waals surface area contributed by atoms with Crippen molar-refractivity contribution < 1.29 is 23.8 Å². The number of pyridine rings is 2. The summed E-state index contributed by atoms with van der Waals surface area (Å²) in [5, 5.41) is 23.3. The Bertz CT molecular complexity index is 1730. The van der Waals surface area contributed by atoms with E-state index in [0.29, 0.717) is 23.9 Å². The molecule has 9 nitrogen and oxygen atoms in total. The van der Waals surface area contributed by atoms with Crippen molar-refractivity contribution in [2.24, 2.45) is 5.92 Å². The Morgan fingerprint density at radius 3 is 2.88 bits per heavy atom. The van der Waals surface area contributed by atoms with Gasteiger partial charge in [0.15, 0.2) is 0 Å². The lowest BCUT2D eigenvalue weighted by molar-refractivity contribution is -0.0491. The molecule has 0 amide bonds. The van der Waals surface area contributed by atoms with Gasteiger partial charge in [-0.1, -0.05) is 12.1 Å². The number of carbonyl (C=O) groups is 1. The van der Waals surface area contributed by atoms with Crippen LogP contribution in [0.4, 0.5) is 4.39 Å². The van der Waals surface area contributed by atoms with Crippen molar-refractivity contribution >= 4 is 11.5 Å². The van der Waals surface area contributed by atoms with E-state index in [-0.39, 0.29) is 29.3 Å². The number of rotatable bonds is 9. The SMILES string of the molecule is N#Cc1ccc(COc2cccc(C34CCN(Cc5nn6ccc(C(=O)O)cc6c5C[C@@H]5CCO5)CC3C4)n2)c(F)c1. The zero-order valence-corrected chi connectivity index (χ0v) is 23.0. The van der Waals surface area contributed by atoms with Crippen LogP contribution in [0.25, 0.3) is 5.52 Å². The van der Waals surface area contributed by atoms with E-state index in [9.17, 15) is 14.3 Å². The third-order valence-electron chi connectivity index (χ3n) is 9.04. The van der Waals surface area contributed by atoms with Crippen molar-refractivity contribution in [1.82, 2.24) is 19.5 Å². The van der Waals surface area contributed by atoms with Crippen molar-refractivity contribution in [3.63, 3.8) is 0 Å². The highest BCUT2D eigenvalue weighted by Crippen LogP contribution is 2.59. The van der Waals surface area contributed by atoms with E-state index in [1.807, 2.05) is 12.1 Å². The average molecular weight is 568 g/mol. The molecule has 3 aromatic heterocycles. The molecule has 4 aromatic rings. The van der Waals surface area contributed by atoms with Gasteiger partial charge in [-0.25, -0.2) is 18.7 Å². The molecule has 0 spiro atoms. The highest BCUT2D eigenvalue weighted by atomic mass is 19.1. The first kappa shape index (κ1) is 26.6. The standard InChI is InChI=1S/C32H30FN5O4/c33-26-12-20(16-34)4-5-22(26)19-42-30-3-1-2-29(35-30)32-8-10-37(17-23(32)15-32)18-27-25(14-24-7-11-41-24)28-13-21(31(39)40)6-9-38(28)36-27/h1-6,9,12-13,23-24H,7-8,10-11,14-15,17-19H2,(H,39,40)/t23?,24-,32?/m0/s1. The Morgan fingerprint density at radius 2 is 2.14 bits per heavy atom. The first-order valence-electron chi connectivity index (χ1n) is 14.3. The number of nitrogens with zero attached hydrogens (tertiary/aromatic N) is 5. The molecule has 3 aliphatic rings. The fraction of sp³-hybridized carbons (Fsp3) is 0.375. The van der Waals surface area contributed by atoms with Gasteiger partial charge in [0.25, 0.3) is 0 Å². The van der Waals surface area contributed by atoms with Crippen molar-refractivity contribution in [2.75, 3.05) is 19.7 Å². The normalized spacial score (nSPS) is 23.1. The van der Waals surface area contributed by atoms with Crippen LogP contribution >= 0.6 is 0 Å². The molecular formula is C32H30FN5O4. The number of piperidine rings is 1. The number of hydrogen-bond donors (Lipinski definition) is 1. The molecule has 214 valence electrons. The molecule has 0 bridgehead atoms. The van der Waals surface area contributed by atoms with Crippen LogP contribution in [0.1, 0.15) is 57.7 Å². The number of nitriles is 1. The summed E-state index contributed by atoms with van der Waals surface area (Å²) in [6.07, 6.45) is 5.63. The molecule has 10 heteroatoms. The first-order chi connectivity index (χ1) is 20.4. The second kappa shape index (κ2) is 10.5. The summed E-state index contributed by atoms with van der Waals surface area (Å²) in [5.41, 5.74) is 4.83. The predicted molar refractivity (Wildman–Crippen MR) is 150 cm³/mol. The Hall–Kier alpha value is -4.33. The zero-order valence-electron chi connectivity index (χ0n) is 23.0. The summed E-state index contributed by atoms with van der Waals surface area (Å²) in [6.45, 7) is 3.33. The van der Waals surface area contributed by atoms with E-state index in [0.717, 1.165) is 67.8 Å². The maximum atomic E-state index is 14.3. The van der Waals surface area contributed by atoms with E-state index in [1.54, 1.807) is 41.0 Å². The van der Waals surface area contributed by atoms with Crippen LogP contribution in [0.15, 0.2) is 54.7 Å². The van der Waals surface area contributed by atoms with Crippen LogP contribution < -0.4 is 4.74 Å². The Kier molecular flexibility index (Phi) is 6.64. The third-order valence-corrected chi connectivity index (χ3v) is 9.04. The van der Waals surface area contributed by atoms with Crippen LogP contribution in [-0.4, -0.2) is 56.4 Å².